The number of nitrogens with zero attached hydrogens (tertiary/aromatic N) is 1. The molecule has 0 heterocycles. The first-order valence-corrected chi connectivity index (χ1v) is 6.67. The van der Waals surface area contributed by atoms with Crippen LogP contribution in [0.2, 0.25) is 0 Å². The number of rotatable bonds is 3. The summed E-state index contributed by atoms with van der Waals surface area (Å²) in [5.41, 5.74) is 1.59. The molecule has 0 aliphatic rings. The second-order valence-electron chi connectivity index (χ2n) is 4.11. The summed E-state index contributed by atoms with van der Waals surface area (Å²) in [6, 6.07) is 9.87. The Morgan fingerprint density at radius 3 is 2.08 bits per heavy atom. The van der Waals surface area contributed by atoms with Crippen molar-refractivity contribution in [3.8, 4) is 17.2 Å². The number of aryl methyl sites for hydroxylation is 1. The molecule has 0 aliphatic heterocycles. The maximum atomic E-state index is 11.9. The Morgan fingerprint density at radius 1 is 1.00 bits per heavy atom. The van der Waals surface area contributed by atoms with Crippen molar-refractivity contribution in [3.05, 3.63) is 47.5 Å². The van der Waals surface area contributed by atoms with E-state index in [1.54, 1.807) is 30.3 Å². The van der Waals surface area contributed by atoms with Crippen molar-refractivity contribution in [2.45, 2.75) is 6.92 Å². The van der Waals surface area contributed by atoms with Crippen LogP contribution >= 0.6 is 0 Å². The standard InChI is InChI=1S/C15H15NO3.2CH4O.Mo.2O/c1-10-6-7-12(13(17)8-10)16-9-11-4-3-5-14(19-2)15(11)18;2*1-2;;;/h3-9,17-18H,1-2H3;2*2H,1H3;;;/q;;;;2*-2/p-2. The molecule has 0 bridgehead atoms. The van der Waals surface area contributed by atoms with Crippen LogP contribution < -0.4 is 14.9 Å². The predicted molar refractivity (Wildman–Crippen MR) is 88.0 cm³/mol. The van der Waals surface area contributed by atoms with E-state index in [0.29, 0.717) is 11.3 Å². The Hall–Kier alpha value is -1.96. The fourth-order valence-electron chi connectivity index (χ4n) is 1.66. The van der Waals surface area contributed by atoms with Gasteiger partial charge in [0.1, 0.15) is 5.75 Å². The normalized spacial score (nSPS) is 8.38. The first kappa shape index (κ1) is 31.8. The molecule has 0 spiro atoms. The van der Waals surface area contributed by atoms with Crippen LogP contribution in [0.5, 0.6) is 17.2 Å². The van der Waals surface area contributed by atoms with Crippen LogP contribution in [0.25, 0.3) is 0 Å². The second kappa shape index (κ2) is 17.8. The summed E-state index contributed by atoms with van der Waals surface area (Å²) < 4.78 is 4.94. The number of hydrogen-bond acceptors (Lipinski definition) is 6. The summed E-state index contributed by atoms with van der Waals surface area (Å²) in [5, 5.41) is 37.5. The molecule has 2 N–H and O–H groups in total. The van der Waals surface area contributed by atoms with Gasteiger partial charge in [-0.3, -0.25) is 4.99 Å². The first-order chi connectivity index (χ1) is 11.1. The van der Waals surface area contributed by atoms with Gasteiger partial charge in [0.05, 0.1) is 12.8 Å². The van der Waals surface area contributed by atoms with E-state index in [1.165, 1.54) is 19.4 Å². The van der Waals surface area contributed by atoms with Gasteiger partial charge in [-0.25, -0.2) is 0 Å². The summed E-state index contributed by atoms with van der Waals surface area (Å²) in [5.74, 6) is -0.143. The van der Waals surface area contributed by atoms with E-state index in [-0.39, 0.29) is 49.3 Å². The van der Waals surface area contributed by atoms with Crippen LogP contribution in [0.3, 0.4) is 0 Å². The van der Waals surface area contributed by atoms with Crippen LogP contribution in [0.15, 0.2) is 41.4 Å². The fraction of sp³-hybridized carbons (Fsp3) is 0.235. The number of benzene rings is 2. The smallest absolute Gasteiger partial charge is 0.111 e. The molecule has 0 aromatic heterocycles. The van der Waals surface area contributed by atoms with Gasteiger partial charge in [-0.1, -0.05) is 41.3 Å². The van der Waals surface area contributed by atoms with E-state index in [1.807, 2.05) is 6.92 Å². The molecular weight excluding hydrogens is 426 g/mol. The number of ether oxygens (including phenoxy) is 1. The third-order valence-corrected chi connectivity index (χ3v) is 2.69. The minimum absolute atomic E-state index is 0. The van der Waals surface area contributed by atoms with Gasteiger partial charge in [0.25, 0.3) is 0 Å². The molecule has 26 heavy (non-hydrogen) atoms. The predicted octanol–water partition coefficient (Wildman–Crippen LogP) is 0.878. The van der Waals surface area contributed by atoms with Crippen LogP contribution in [-0.2, 0) is 32.0 Å². The quantitative estimate of drug-likeness (QED) is 0.526. The third kappa shape index (κ3) is 9.50. The number of hydrogen-bond donors (Lipinski definition) is 2. The van der Waals surface area contributed by atoms with E-state index < -0.39 is 0 Å². The monoisotopic (exact) mass is 449 g/mol. The van der Waals surface area contributed by atoms with Gasteiger partial charge in [0.2, 0.25) is 0 Å². The van der Waals surface area contributed by atoms with Gasteiger partial charge < -0.3 is 36.1 Å². The summed E-state index contributed by atoms with van der Waals surface area (Å²) in [6.45, 7) is 1.84. The summed E-state index contributed by atoms with van der Waals surface area (Å²) in [7, 11) is 3.44. The van der Waals surface area contributed by atoms with Crippen molar-refractivity contribution in [3.63, 3.8) is 0 Å². The van der Waals surface area contributed by atoms with Gasteiger partial charge in [0, 0.05) is 41.5 Å². The van der Waals surface area contributed by atoms with Crippen molar-refractivity contribution in [1.82, 2.24) is 0 Å². The number of aliphatic hydroxyl groups excluding tert-OH is 2. The molecule has 8 nitrogen and oxygen atoms in total. The van der Waals surface area contributed by atoms with Gasteiger partial charge in [-0.15, -0.1) is 0 Å². The van der Waals surface area contributed by atoms with Gasteiger partial charge >= 0.3 is 0 Å². The van der Waals surface area contributed by atoms with Crippen LogP contribution in [0, 0.1) is 6.92 Å². The molecule has 0 saturated heterocycles. The van der Waals surface area contributed by atoms with Crippen molar-refractivity contribution in [2.24, 2.45) is 4.99 Å². The van der Waals surface area contributed by atoms with Crippen molar-refractivity contribution < 1.29 is 57.2 Å². The van der Waals surface area contributed by atoms with E-state index in [0.717, 1.165) is 19.8 Å². The number of para-hydroxylation sites is 1. The summed E-state index contributed by atoms with van der Waals surface area (Å²) in [4.78, 5) is 4.06. The van der Waals surface area contributed by atoms with Crippen molar-refractivity contribution >= 4 is 11.9 Å². The largest absolute Gasteiger partial charge is 2.00 e. The third-order valence-electron chi connectivity index (χ3n) is 2.69. The molecule has 0 radical (unpaired) electrons. The Kier molecular flexibility index (Phi) is 21.8. The van der Waals surface area contributed by atoms with Crippen LogP contribution in [0.1, 0.15) is 11.1 Å². The first-order valence-electron chi connectivity index (χ1n) is 6.67. The molecule has 148 valence electrons. The minimum Gasteiger partial charge on any atom is -2.00 e. The van der Waals surface area contributed by atoms with Crippen LogP contribution in [0.4, 0.5) is 5.69 Å². The summed E-state index contributed by atoms with van der Waals surface area (Å²) >= 11 is 0. The maximum Gasteiger partial charge on any atom is 0.111 e. The van der Waals surface area contributed by atoms with Crippen LogP contribution in [-0.4, -0.2) is 37.8 Å². The zero-order valence-corrected chi connectivity index (χ0v) is 16.8. The van der Waals surface area contributed by atoms with Gasteiger partial charge in [0.15, 0.2) is 0 Å². The number of aliphatic hydroxyl groups is 2. The Labute approximate surface area is 167 Å². The SMILES string of the molecule is CO.CO.COc1cccc(C=Nc2ccc(C)cc2[O-])c1[O-].[Mo].[O-2].[O-2]. The number of aliphatic imine (C=N–C) groups is 1. The molecule has 2 aromatic carbocycles. The number of methoxy groups -OCH3 is 1. The molecule has 0 fully saturated rings. The Balaban J connectivity index is -0.000000323. The average molecular weight is 447 g/mol. The fourth-order valence-corrected chi connectivity index (χ4v) is 1.66. The van der Waals surface area contributed by atoms with E-state index in [2.05, 4.69) is 4.99 Å². The van der Waals surface area contributed by atoms with Crippen molar-refractivity contribution in [2.75, 3.05) is 21.3 Å². The molecule has 9 heteroatoms. The molecule has 0 unspecified atom stereocenters. The minimum atomic E-state index is -0.242. The molecule has 0 aliphatic carbocycles. The Bertz CT molecular complexity index is 637. The van der Waals surface area contributed by atoms with Crippen molar-refractivity contribution in [1.29, 1.82) is 0 Å². The Morgan fingerprint density at radius 2 is 1.58 bits per heavy atom. The van der Waals surface area contributed by atoms with Gasteiger partial charge in [-0.2, -0.15) is 0 Å². The molecule has 2 aromatic rings. The molecule has 0 amide bonds. The average Bonchev–Trinajstić information content (AvgIpc) is 2.59. The van der Waals surface area contributed by atoms with Gasteiger partial charge in [-0.05, 0) is 24.6 Å². The zero-order chi connectivity index (χ0) is 17.8. The molecular formula is C17H21MoNO7-6. The summed E-state index contributed by atoms with van der Waals surface area (Å²) in [6.07, 6.45) is 1.39. The molecule has 0 atom stereocenters. The van der Waals surface area contributed by atoms with E-state index in [4.69, 9.17) is 14.9 Å². The molecule has 0 saturated carbocycles. The second-order valence-corrected chi connectivity index (χ2v) is 4.11. The molecule has 2 rings (SSSR count). The zero-order valence-electron chi connectivity index (χ0n) is 14.8. The topological polar surface area (TPSA) is 165 Å². The maximum absolute atomic E-state index is 11.9. The van der Waals surface area contributed by atoms with E-state index >= 15 is 0 Å². The van der Waals surface area contributed by atoms with E-state index in [9.17, 15) is 10.2 Å².